The summed E-state index contributed by atoms with van der Waals surface area (Å²) in [5.74, 6) is 2.12. The maximum Gasteiger partial charge on any atom is 0.441 e. The molecule has 0 bridgehead atoms. The normalized spacial score (nSPS) is 12.0. The predicted molar refractivity (Wildman–Crippen MR) is 54.4 cm³/mol. The molecule has 0 saturated heterocycles. The summed E-state index contributed by atoms with van der Waals surface area (Å²) in [4.78, 5) is 0. The minimum absolute atomic E-state index is 0.0281. The van der Waals surface area contributed by atoms with Gasteiger partial charge >= 0.3 is 5.51 Å². The van der Waals surface area contributed by atoms with Crippen LogP contribution in [0.25, 0.3) is 0 Å². The molecule has 0 aromatic heterocycles. The second kappa shape index (κ2) is 7.82. The van der Waals surface area contributed by atoms with E-state index < -0.39 is 5.51 Å². The van der Waals surface area contributed by atoms with Crippen LogP contribution >= 0.6 is 23.5 Å². The molecule has 0 saturated carbocycles. The first kappa shape index (κ1) is 13.4. The van der Waals surface area contributed by atoms with Gasteiger partial charge in [-0.2, -0.15) is 24.9 Å². The molecule has 0 aliphatic carbocycles. The zero-order valence-corrected chi connectivity index (χ0v) is 9.12. The molecule has 1 nitrogen and oxygen atoms in total. The topological polar surface area (TPSA) is 12.0 Å². The third-order valence-electron chi connectivity index (χ3n) is 1.17. The Hall–Kier alpha value is 0.450. The van der Waals surface area contributed by atoms with Crippen molar-refractivity contribution in [3.63, 3.8) is 0 Å². The first-order valence-corrected chi connectivity index (χ1v) is 6.19. The van der Waals surface area contributed by atoms with Gasteiger partial charge in [0.05, 0.1) is 0 Å². The summed E-state index contributed by atoms with van der Waals surface area (Å²) >= 11 is 1.81. The summed E-state index contributed by atoms with van der Waals surface area (Å²) in [7, 11) is 0. The highest BCUT2D eigenvalue weighted by Gasteiger charge is 2.27. The first-order valence-electron chi connectivity index (χ1n) is 4.05. The standard InChI is InChI=1S/C7H14F3NS2/c1-2-12-5-3-11-4-6-13-7(8,9)10/h11H,2-6H2,1H3. The number of alkyl halides is 3. The lowest BCUT2D eigenvalue weighted by Crippen LogP contribution is -2.21. The molecule has 0 atom stereocenters. The second-order valence-electron chi connectivity index (χ2n) is 2.24. The Labute approximate surface area is 85.2 Å². The van der Waals surface area contributed by atoms with E-state index in [0.717, 1.165) is 18.1 Å². The largest absolute Gasteiger partial charge is 0.441 e. The minimum Gasteiger partial charge on any atom is -0.315 e. The third-order valence-corrected chi connectivity index (χ3v) is 2.81. The van der Waals surface area contributed by atoms with Gasteiger partial charge in [0, 0.05) is 24.6 Å². The van der Waals surface area contributed by atoms with Crippen LogP contribution in [0.3, 0.4) is 0 Å². The van der Waals surface area contributed by atoms with Crippen molar-refractivity contribution in [3.8, 4) is 0 Å². The summed E-state index contributed by atoms with van der Waals surface area (Å²) in [5.41, 5.74) is -4.08. The van der Waals surface area contributed by atoms with E-state index in [4.69, 9.17) is 0 Å². The van der Waals surface area contributed by atoms with Crippen molar-refractivity contribution in [2.45, 2.75) is 12.4 Å². The third kappa shape index (κ3) is 12.4. The van der Waals surface area contributed by atoms with E-state index >= 15 is 0 Å². The fraction of sp³-hybridized carbons (Fsp3) is 1.00. The molecule has 80 valence electrons. The summed E-state index contributed by atoms with van der Waals surface area (Å²) in [6.45, 7) is 3.27. The number of nitrogens with one attached hydrogen (secondary N) is 1. The number of rotatable bonds is 7. The van der Waals surface area contributed by atoms with Gasteiger partial charge in [0.25, 0.3) is 0 Å². The number of thioether (sulfide) groups is 2. The van der Waals surface area contributed by atoms with Crippen molar-refractivity contribution < 1.29 is 13.2 Å². The van der Waals surface area contributed by atoms with Gasteiger partial charge in [0.15, 0.2) is 0 Å². The van der Waals surface area contributed by atoms with E-state index in [1.807, 2.05) is 0 Å². The van der Waals surface area contributed by atoms with Crippen LogP contribution in [0.5, 0.6) is 0 Å². The van der Waals surface area contributed by atoms with Crippen molar-refractivity contribution in [2.75, 3.05) is 30.3 Å². The van der Waals surface area contributed by atoms with Crippen molar-refractivity contribution in [1.29, 1.82) is 0 Å². The average Bonchev–Trinajstić information content (AvgIpc) is 2.01. The molecule has 0 aromatic rings. The SMILES string of the molecule is CCSCCNCCSC(F)(F)F. The molecule has 0 amide bonds. The average molecular weight is 233 g/mol. The Morgan fingerprint density at radius 3 is 2.31 bits per heavy atom. The molecule has 13 heavy (non-hydrogen) atoms. The Balaban J connectivity index is 3.00. The summed E-state index contributed by atoms with van der Waals surface area (Å²) in [5, 5.41) is 2.95. The molecule has 0 rings (SSSR count). The van der Waals surface area contributed by atoms with Gasteiger partial charge in [0.1, 0.15) is 0 Å². The van der Waals surface area contributed by atoms with E-state index in [0.29, 0.717) is 6.54 Å². The maximum atomic E-state index is 11.6. The van der Waals surface area contributed by atoms with E-state index in [-0.39, 0.29) is 17.5 Å². The molecule has 0 unspecified atom stereocenters. The predicted octanol–water partition coefficient (Wildman–Crippen LogP) is 2.58. The van der Waals surface area contributed by atoms with E-state index in [1.54, 1.807) is 11.8 Å². The monoisotopic (exact) mass is 233 g/mol. The van der Waals surface area contributed by atoms with Crippen LogP contribution in [-0.4, -0.2) is 35.9 Å². The molecule has 0 fully saturated rings. The molecule has 0 heterocycles. The highest BCUT2D eigenvalue weighted by atomic mass is 32.2. The van der Waals surface area contributed by atoms with Crippen molar-refractivity contribution in [3.05, 3.63) is 0 Å². The molecule has 0 radical (unpaired) electrons. The number of hydrogen-bond donors (Lipinski definition) is 1. The van der Waals surface area contributed by atoms with Crippen LogP contribution in [0.15, 0.2) is 0 Å². The Morgan fingerprint density at radius 1 is 1.15 bits per heavy atom. The van der Waals surface area contributed by atoms with Crippen molar-refractivity contribution >= 4 is 23.5 Å². The molecule has 0 aliphatic rings. The number of hydrogen-bond acceptors (Lipinski definition) is 3. The lowest BCUT2D eigenvalue weighted by Gasteiger charge is -2.06. The summed E-state index contributed by atoms with van der Waals surface area (Å²) in [6, 6.07) is 0. The molecular formula is C7H14F3NS2. The van der Waals surface area contributed by atoms with Crippen LogP contribution in [0.2, 0.25) is 0 Å². The van der Waals surface area contributed by atoms with E-state index in [2.05, 4.69) is 12.2 Å². The molecule has 1 N–H and O–H groups in total. The quantitative estimate of drug-likeness (QED) is 0.679. The molecule has 0 aliphatic heterocycles. The fourth-order valence-electron chi connectivity index (χ4n) is 0.653. The minimum atomic E-state index is -4.08. The fourth-order valence-corrected chi connectivity index (χ4v) is 1.71. The maximum absolute atomic E-state index is 11.6. The van der Waals surface area contributed by atoms with Gasteiger partial charge in [-0.15, -0.1) is 0 Å². The van der Waals surface area contributed by atoms with Crippen LogP contribution in [0, 0.1) is 0 Å². The van der Waals surface area contributed by atoms with Crippen molar-refractivity contribution in [2.24, 2.45) is 0 Å². The van der Waals surface area contributed by atoms with Crippen LogP contribution in [0.1, 0.15) is 6.92 Å². The first-order chi connectivity index (χ1) is 6.06. The molecule has 0 spiro atoms. The second-order valence-corrected chi connectivity index (χ2v) is 4.79. The lowest BCUT2D eigenvalue weighted by atomic mass is 10.7. The summed E-state index contributed by atoms with van der Waals surface area (Å²) < 4.78 is 34.8. The Morgan fingerprint density at radius 2 is 1.77 bits per heavy atom. The highest BCUT2D eigenvalue weighted by Crippen LogP contribution is 2.29. The van der Waals surface area contributed by atoms with Crippen LogP contribution < -0.4 is 5.32 Å². The molecular weight excluding hydrogens is 219 g/mol. The van der Waals surface area contributed by atoms with Gasteiger partial charge in [-0.25, -0.2) is 0 Å². The zero-order valence-electron chi connectivity index (χ0n) is 7.49. The van der Waals surface area contributed by atoms with E-state index in [9.17, 15) is 13.2 Å². The number of halogens is 3. The smallest absolute Gasteiger partial charge is 0.315 e. The van der Waals surface area contributed by atoms with Crippen molar-refractivity contribution in [1.82, 2.24) is 5.32 Å². The zero-order chi connectivity index (χ0) is 10.2. The van der Waals surface area contributed by atoms with Crippen LogP contribution in [0.4, 0.5) is 13.2 Å². The Kier molecular flexibility index (Phi) is 8.09. The van der Waals surface area contributed by atoms with Gasteiger partial charge in [-0.1, -0.05) is 6.92 Å². The van der Waals surface area contributed by atoms with Crippen LogP contribution in [-0.2, 0) is 0 Å². The van der Waals surface area contributed by atoms with Gasteiger partial charge in [-0.3, -0.25) is 0 Å². The highest BCUT2D eigenvalue weighted by molar-refractivity contribution is 8.00. The van der Waals surface area contributed by atoms with Gasteiger partial charge < -0.3 is 5.32 Å². The van der Waals surface area contributed by atoms with Gasteiger partial charge in [-0.05, 0) is 17.5 Å². The van der Waals surface area contributed by atoms with Gasteiger partial charge in [0.2, 0.25) is 0 Å². The molecule has 0 aromatic carbocycles. The Bertz CT molecular complexity index is 119. The summed E-state index contributed by atoms with van der Waals surface area (Å²) in [6.07, 6.45) is 0. The molecule has 6 heteroatoms. The van der Waals surface area contributed by atoms with E-state index in [1.165, 1.54) is 0 Å². The lowest BCUT2D eigenvalue weighted by molar-refractivity contribution is -0.0327.